The molecule has 0 saturated carbocycles. The summed E-state index contributed by atoms with van der Waals surface area (Å²) in [5.74, 6) is -4.97. The number of pyridine rings is 1. The number of hydrogen-bond donors (Lipinski definition) is 0. The topological polar surface area (TPSA) is 97.5 Å². The highest BCUT2D eigenvalue weighted by Gasteiger charge is 2.29. The Morgan fingerprint density at radius 1 is 0.771 bits per heavy atom. The van der Waals surface area contributed by atoms with Crippen molar-refractivity contribution in [2.24, 2.45) is 0 Å². The molecule has 0 radical (unpaired) electrons. The molecule has 1 fully saturated rings. The summed E-state index contributed by atoms with van der Waals surface area (Å²) in [5.41, 5.74) is 0.625. The third kappa shape index (κ3) is 6.97. The molecular weight excluding hydrogens is 623 g/mol. The van der Waals surface area contributed by atoms with Gasteiger partial charge in [0.25, 0.3) is 11.5 Å². The van der Waals surface area contributed by atoms with Crippen LogP contribution in [-0.2, 0) is 22.6 Å². The molecule has 6 rings (SSSR count). The van der Waals surface area contributed by atoms with Crippen LogP contribution in [0.1, 0.15) is 33.5 Å². The first-order chi connectivity index (χ1) is 23.2. The summed E-state index contributed by atoms with van der Waals surface area (Å²) < 4.78 is 46.2. The molecule has 12 heteroatoms. The Labute approximate surface area is 273 Å². The smallest absolute Gasteiger partial charge is 0.290 e. The molecule has 0 spiro atoms. The van der Waals surface area contributed by atoms with Crippen LogP contribution in [0.2, 0.25) is 0 Å². The van der Waals surface area contributed by atoms with Crippen molar-refractivity contribution in [2.75, 3.05) is 31.1 Å². The first-order valence-corrected chi connectivity index (χ1v) is 15.3. The molecule has 1 saturated heterocycles. The lowest BCUT2D eigenvalue weighted by Crippen LogP contribution is -2.51. The van der Waals surface area contributed by atoms with Crippen LogP contribution in [-0.4, -0.2) is 62.9 Å². The monoisotopic (exact) mass is 653 g/mol. The Bertz CT molecular complexity index is 2020. The first-order valence-electron chi connectivity index (χ1n) is 15.3. The molecule has 0 bridgehead atoms. The van der Waals surface area contributed by atoms with Crippen LogP contribution in [0.5, 0.6) is 0 Å². The molecule has 5 aromatic rings. The molecule has 1 amide bonds. The fourth-order valence-electron chi connectivity index (χ4n) is 5.73. The van der Waals surface area contributed by atoms with Gasteiger partial charge in [-0.05, 0) is 60.2 Å². The maximum atomic E-state index is 14.5. The zero-order valence-corrected chi connectivity index (χ0v) is 25.7. The predicted octanol–water partition coefficient (Wildman–Crippen LogP) is 4.58. The Hall–Kier alpha value is -5.78. The molecule has 9 nitrogen and oxygen atoms in total. The fourth-order valence-corrected chi connectivity index (χ4v) is 5.73. The van der Waals surface area contributed by atoms with Gasteiger partial charge in [-0.15, -0.1) is 0 Å². The van der Waals surface area contributed by atoms with E-state index in [1.54, 1.807) is 16.9 Å². The zero-order chi connectivity index (χ0) is 33.8. The van der Waals surface area contributed by atoms with Crippen molar-refractivity contribution in [3.63, 3.8) is 0 Å². The van der Waals surface area contributed by atoms with Crippen LogP contribution in [0.15, 0.2) is 102 Å². The lowest BCUT2D eigenvalue weighted by Gasteiger charge is -2.35. The van der Waals surface area contributed by atoms with E-state index in [0.29, 0.717) is 13.1 Å². The third-order valence-corrected chi connectivity index (χ3v) is 8.29. The largest absolute Gasteiger partial charge is 0.368 e. The average molecular weight is 654 g/mol. The van der Waals surface area contributed by atoms with Crippen LogP contribution in [0, 0.1) is 17.5 Å². The molecule has 3 heterocycles. The zero-order valence-electron chi connectivity index (χ0n) is 25.7. The number of hydrogen-bond acceptors (Lipinski definition) is 6. The highest BCUT2D eigenvalue weighted by molar-refractivity contribution is 6.40. The summed E-state index contributed by atoms with van der Waals surface area (Å²) in [7, 11) is 0. The molecule has 48 heavy (non-hydrogen) atoms. The van der Waals surface area contributed by atoms with Crippen molar-refractivity contribution in [3.05, 3.63) is 148 Å². The summed E-state index contributed by atoms with van der Waals surface area (Å²) in [6.07, 6.45) is 3.64. The minimum absolute atomic E-state index is 0.145. The second-order valence-electron chi connectivity index (χ2n) is 11.4. The van der Waals surface area contributed by atoms with Gasteiger partial charge in [-0.25, -0.2) is 17.9 Å². The highest BCUT2D eigenvalue weighted by Crippen LogP contribution is 2.21. The van der Waals surface area contributed by atoms with Gasteiger partial charge in [-0.3, -0.25) is 19.2 Å². The van der Waals surface area contributed by atoms with E-state index in [4.69, 9.17) is 0 Å². The van der Waals surface area contributed by atoms with Crippen molar-refractivity contribution in [3.8, 4) is 5.69 Å². The summed E-state index contributed by atoms with van der Waals surface area (Å²) >= 11 is 0. The Morgan fingerprint density at radius 3 is 2.10 bits per heavy atom. The molecule has 1 aliphatic heterocycles. The van der Waals surface area contributed by atoms with Crippen LogP contribution in [0.4, 0.5) is 18.9 Å². The number of aromatic nitrogens is 3. The number of halogens is 3. The van der Waals surface area contributed by atoms with E-state index in [9.17, 15) is 32.3 Å². The number of piperazine rings is 1. The fraction of sp³-hybridized carbons (Fsp3) is 0.194. The van der Waals surface area contributed by atoms with Gasteiger partial charge in [-0.1, -0.05) is 24.3 Å². The number of carbonyl (C=O) groups excluding carboxylic acids is 3. The standard InChI is InChI=1S/C36H30F3N5O4/c37-30-6-2-1-5-25(30)23-43-22-24(19-28-31(38)7-3-8-32(28)39)20-29(35(43)47)33(45)21-34(46)36(48)42-17-15-41(16-18-42)26-9-11-27(12-10-26)44-14-4-13-40-44/h1-14,20,22H,15-19,21,23H2. The molecule has 0 unspecified atom stereocenters. The van der Waals surface area contributed by atoms with E-state index in [0.717, 1.165) is 28.1 Å². The van der Waals surface area contributed by atoms with Crippen molar-refractivity contribution in [1.29, 1.82) is 0 Å². The van der Waals surface area contributed by atoms with Gasteiger partial charge < -0.3 is 14.4 Å². The molecule has 0 aliphatic carbocycles. The summed E-state index contributed by atoms with van der Waals surface area (Å²) in [6, 6.07) is 19.9. The first kappa shape index (κ1) is 32.2. The normalized spacial score (nSPS) is 13.1. The van der Waals surface area contributed by atoms with Crippen molar-refractivity contribution in [2.45, 2.75) is 19.4 Å². The second kappa shape index (κ2) is 13.9. The number of amides is 1. The number of ketones is 2. The van der Waals surface area contributed by atoms with Crippen LogP contribution < -0.4 is 10.5 Å². The summed E-state index contributed by atoms with van der Waals surface area (Å²) in [5, 5.41) is 4.21. The van der Waals surface area contributed by atoms with Crippen molar-refractivity contribution >= 4 is 23.2 Å². The average Bonchev–Trinajstić information content (AvgIpc) is 3.64. The molecule has 3 aromatic carbocycles. The van der Waals surface area contributed by atoms with Crippen molar-refractivity contribution in [1.82, 2.24) is 19.2 Å². The Kier molecular flexibility index (Phi) is 9.33. The van der Waals surface area contributed by atoms with E-state index in [2.05, 4.69) is 10.00 Å². The van der Waals surface area contributed by atoms with Crippen molar-refractivity contribution < 1.29 is 27.6 Å². The maximum Gasteiger partial charge on any atom is 0.290 e. The van der Waals surface area contributed by atoms with Gasteiger partial charge in [0, 0.05) is 68.0 Å². The van der Waals surface area contributed by atoms with Gasteiger partial charge in [0.1, 0.15) is 17.5 Å². The van der Waals surface area contributed by atoms with Gasteiger partial charge in [0.2, 0.25) is 5.78 Å². The second-order valence-corrected chi connectivity index (χ2v) is 11.4. The minimum Gasteiger partial charge on any atom is -0.368 e. The maximum absolute atomic E-state index is 14.5. The van der Waals surface area contributed by atoms with E-state index < -0.39 is 52.5 Å². The summed E-state index contributed by atoms with van der Waals surface area (Å²) in [4.78, 5) is 56.4. The SMILES string of the molecule is O=C(CC(=O)c1cc(Cc2c(F)cccc2F)cn(Cc2ccccc2F)c1=O)C(=O)N1CCN(c2ccc(-n3cccn3)cc2)CC1. The quantitative estimate of drug-likeness (QED) is 0.124. The number of Topliss-reactive ketones (excluding diaryl/α,β-unsaturated/α-hetero) is 2. The number of anilines is 1. The molecule has 244 valence electrons. The van der Waals surface area contributed by atoms with E-state index in [1.807, 2.05) is 36.5 Å². The van der Waals surface area contributed by atoms with Gasteiger partial charge in [-0.2, -0.15) is 5.10 Å². The van der Waals surface area contributed by atoms with Gasteiger partial charge in [0.05, 0.1) is 24.2 Å². The number of carbonyl (C=O) groups is 3. The molecular formula is C36H30F3N5O4. The predicted molar refractivity (Wildman–Crippen MR) is 172 cm³/mol. The third-order valence-electron chi connectivity index (χ3n) is 8.29. The summed E-state index contributed by atoms with van der Waals surface area (Å²) in [6.45, 7) is 1.15. The molecule has 0 N–H and O–H groups in total. The van der Waals surface area contributed by atoms with Crippen LogP contribution in [0.25, 0.3) is 5.69 Å². The van der Waals surface area contributed by atoms with E-state index in [1.165, 1.54) is 41.4 Å². The lowest BCUT2D eigenvalue weighted by atomic mass is 10.0. The van der Waals surface area contributed by atoms with Gasteiger partial charge >= 0.3 is 0 Å². The molecule has 0 atom stereocenters. The van der Waals surface area contributed by atoms with E-state index >= 15 is 0 Å². The minimum atomic E-state index is -0.984. The van der Waals surface area contributed by atoms with Gasteiger partial charge in [0.15, 0.2) is 5.78 Å². The lowest BCUT2D eigenvalue weighted by molar-refractivity contribution is -0.144. The van der Waals surface area contributed by atoms with E-state index in [-0.39, 0.29) is 42.7 Å². The number of benzene rings is 3. The van der Waals surface area contributed by atoms with Crippen LogP contribution in [0.3, 0.4) is 0 Å². The number of rotatable bonds is 10. The van der Waals surface area contributed by atoms with Crippen LogP contribution >= 0.6 is 0 Å². The highest BCUT2D eigenvalue weighted by atomic mass is 19.1. The Balaban J connectivity index is 1.16. The number of nitrogens with zero attached hydrogens (tertiary/aromatic N) is 5. The molecule has 2 aromatic heterocycles. The molecule has 1 aliphatic rings. The Morgan fingerprint density at radius 2 is 1.44 bits per heavy atom.